The maximum atomic E-state index is 12.2. The van der Waals surface area contributed by atoms with E-state index < -0.39 is 9.85 Å². The van der Waals surface area contributed by atoms with Crippen molar-refractivity contribution in [3.63, 3.8) is 0 Å². The van der Waals surface area contributed by atoms with Gasteiger partial charge in [-0.05, 0) is 17.7 Å². The zero-order valence-corrected chi connectivity index (χ0v) is 11.6. The van der Waals surface area contributed by atoms with Crippen LogP contribution in [0.3, 0.4) is 0 Å². The van der Waals surface area contributed by atoms with Crippen molar-refractivity contribution in [3.05, 3.63) is 79.4 Å². The van der Waals surface area contributed by atoms with Gasteiger partial charge in [0, 0.05) is 36.2 Å². The van der Waals surface area contributed by atoms with E-state index in [1.54, 1.807) is 0 Å². The number of nitriles is 1. The number of rotatable bonds is 5. The topological polar surface area (TPSA) is 127 Å². The van der Waals surface area contributed by atoms with E-state index in [1.165, 1.54) is 36.4 Å². The number of benzene rings is 2. The molecular formula is C15H9N3O5. The van der Waals surface area contributed by atoms with Gasteiger partial charge in [-0.15, -0.1) is 0 Å². The van der Waals surface area contributed by atoms with E-state index in [0.717, 1.165) is 6.07 Å². The summed E-state index contributed by atoms with van der Waals surface area (Å²) in [6, 6.07) is 10.6. The molecule has 2 rings (SSSR count). The van der Waals surface area contributed by atoms with Crippen LogP contribution >= 0.6 is 0 Å². The summed E-state index contributed by atoms with van der Waals surface area (Å²) < 4.78 is 0. The first-order chi connectivity index (χ1) is 10.9. The van der Waals surface area contributed by atoms with Crippen molar-refractivity contribution in [2.75, 3.05) is 0 Å². The highest BCUT2D eigenvalue weighted by Crippen LogP contribution is 2.20. The predicted molar refractivity (Wildman–Crippen MR) is 78.9 cm³/mol. The van der Waals surface area contributed by atoms with E-state index >= 15 is 0 Å². The third-order valence-electron chi connectivity index (χ3n) is 3.18. The van der Waals surface area contributed by atoms with E-state index in [4.69, 9.17) is 5.26 Å². The van der Waals surface area contributed by atoms with Crippen LogP contribution in [0.4, 0.5) is 11.4 Å². The second-order valence-electron chi connectivity index (χ2n) is 4.61. The number of nitro benzene ring substituents is 2. The molecule has 2 aromatic rings. The number of nitrogens with zero attached hydrogens (tertiary/aromatic N) is 3. The molecule has 0 atom stereocenters. The number of hydrogen-bond donors (Lipinski definition) is 0. The molecule has 8 nitrogen and oxygen atoms in total. The standard InChI is InChI=1S/C15H9N3O5/c16-9-12-7-14(18(22)23)6-3-11(12)8-15(19)10-1-4-13(5-2-10)17(20)21/h1-7H,8H2. The van der Waals surface area contributed by atoms with Gasteiger partial charge in [-0.25, -0.2) is 0 Å². The summed E-state index contributed by atoms with van der Waals surface area (Å²) in [5.41, 5.74) is 0.316. The summed E-state index contributed by atoms with van der Waals surface area (Å²) in [5.74, 6) is -0.342. The number of hydrogen-bond acceptors (Lipinski definition) is 6. The van der Waals surface area contributed by atoms with Gasteiger partial charge in [-0.2, -0.15) is 5.26 Å². The lowest BCUT2D eigenvalue weighted by molar-refractivity contribution is -0.385. The Morgan fingerprint density at radius 2 is 1.57 bits per heavy atom. The lowest BCUT2D eigenvalue weighted by atomic mass is 9.98. The van der Waals surface area contributed by atoms with Crippen LogP contribution in [0.25, 0.3) is 0 Å². The second-order valence-corrected chi connectivity index (χ2v) is 4.61. The fourth-order valence-corrected chi connectivity index (χ4v) is 1.98. The Bertz CT molecular complexity index is 837. The van der Waals surface area contributed by atoms with E-state index in [9.17, 15) is 25.0 Å². The lowest BCUT2D eigenvalue weighted by Crippen LogP contribution is -2.05. The molecule has 114 valence electrons. The number of nitro groups is 2. The zero-order chi connectivity index (χ0) is 17.0. The summed E-state index contributed by atoms with van der Waals surface area (Å²) in [6.45, 7) is 0. The van der Waals surface area contributed by atoms with Crippen molar-refractivity contribution in [1.82, 2.24) is 0 Å². The van der Waals surface area contributed by atoms with Crippen LogP contribution in [-0.4, -0.2) is 15.6 Å². The van der Waals surface area contributed by atoms with Gasteiger partial charge in [0.15, 0.2) is 5.78 Å². The van der Waals surface area contributed by atoms with Gasteiger partial charge < -0.3 is 0 Å². The molecule has 0 aliphatic heterocycles. The van der Waals surface area contributed by atoms with E-state index in [0.29, 0.717) is 5.56 Å². The number of ketones is 1. The Balaban J connectivity index is 2.25. The quantitative estimate of drug-likeness (QED) is 0.474. The molecule has 2 aromatic carbocycles. The Hall–Kier alpha value is -3.60. The summed E-state index contributed by atoms with van der Waals surface area (Å²) in [4.78, 5) is 32.2. The molecule has 0 radical (unpaired) electrons. The van der Waals surface area contributed by atoms with Gasteiger partial charge in [0.2, 0.25) is 0 Å². The Morgan fingerprint density at radius 3 is 2.09 bits per heavy atom. The first-order valence-electron chi connectivity index (χ1n) is 6.37. The summed E-state index contributed by atoms with van der Waals surface area (Å²) in [5, 5.41) is 30.3. The third kappa shape index (κ3) is 3.54. The van der Waals surface area contributed by atoms with Crippen LogP contribution in [0, 0.1) is 31.6 Å². The molecule has 0 bridgehead atoms. The number of carbonyl (C=O) groups excluding carboxylic acids is 1. The molecule has 23 heavy (non-hydrogen) atoms. The van der Waals surface area contributed by atoms with E-state index in [1.807, 2.05) is 6.07 Å². The average molecular weight is 311 g/mol. The number of non-ortho nitro benzene ring substituents is 2. The summed E-state index contributed by atoms with van der Waals surface area (Å²) >= 11 is 0. The van der Waals surface area contributed by atoms with Crippen molar-refractivity contribution in [1.29, 1.82) is 5.26 Å². The maximum Gasteiger partial charge on any atom is 0.270 e. The molecule has 0 spiro atoms. The fraction of sp³-hybridized carbons (Fsp3) is 0.0667. The lowest BCUT2D eigenvalue weighted by Gasteiger charge is -2.04. The molecule has 0 heterocycles. The minimum atomic E-state index is -0.622. The second kappa shape index (κ2) is 6.44. The van der Waals surface area contributed by atoms with Crippen LogP contribution in [-0.2, 0) is 6.42 Å². The molecule has 0 fully saturated rings. The minimum Gasteiger partial charge on any atom is -0.294 e. The third-order valence-corrected chi connectivity index (χ3v) is 3.18. The van der Waals surface area contributed by atoms with Gasteiger partial charge in [0.05, 0.1) is 21.5 Å². The molecular weight excluding hydrogens is 302 g/mol. The monoisotopic (exact) mass is 311 g/mol. The number of carbonyl (C=O) groups is 1. The van der Waals surface area contributed by atoms with Crippen molar-refractivity contribution in [2.24, 2.45) is 0 Å². The minimum absolute atomic E-state index is 0.0504. The van der Waals surface area contributed by atoms with Crippen molar-refractivity contribution >= 4 is 17.2 Å². The van der Waals surface area contributed by atoms with Gasteiger partial charge in [0.1, 0.15) is 0 Å². The fourth-order valence-electron chi connectivity index (χ4n) is 1.98. The summed E-state index contributed by atoms with van der Waals surface area (Å²) in [6.07, 6.45) is -0.126. The van der Waals surface area contributed by atoms with Gasteiger partial charge >= 0.3 is 0 Å². The molecule has 0 amide bonds. The van der Waals surface area contributed by atoms with Crippen LogP contribution in [0.2, 0.25) is 0 Å². The molecule has 0 saturated carbocycles. The van der Waals surface area contributed by atoms with E-state index in [-0.39, 0.29) is 34.7 Å². The summed E-state index contributed by atoms with van der Waals surface area (Å²) in [7, 11) is 0. The van der Waals surface area contributed by atoms with Crippen LogP contribution in [0.1, 0.15) is 21.5 Å². The highest BCUT2D eigenvalue weighted by molar-refractivity contribution is 5.98. The molecule has 0 aliphatic carbocycles. The van der Waals surface area contributed by atoms with E-state index in [2.05, 4.69) is 0 Å². The maximum absolute atomic E-state index is 12.2. The normalized spacial score (nSPS) is 9.87. The zero-order valence-electron chi connectivity index (χ0n) is 11.6. The van der Waals surface area contributed by atoms with Crippen molar-refractivity contribution in [3.8, 4) is 6.07 Å². The highest BCUT2D eigenvalue weighted by atomic mass is 16.6. The average Bonchev–Trinajstić information content (AvgIpc) is 2.55. The molecule has 0 N–H and O–H groups in total. The first-order valence-corrected chi connectivity index (χ1v) is 6.37. The smallest absolute Gasteiger partial charge is 0.270 e. The van der Waals surface area contributed by atoms with Gasteiger partial charge in [0.25, 0.3) is 11.4 Å². The van der Waals surface area contributed by atoms with Crippen LogP contribution < -0.4 is 0 Å². The molecule has 0 aromatic heterocycles. The van der Waals surface area contributed by atoms with Crippen molar-refractivity contribution in [2.45, 2.75) is 6.42 Å². The Morgan fingerprint density at radius 1 is 1.00 bits per heavy atom. The first kappa shape index (κ1) is 15.8. The molecule has 8 heteroatoms. The highest BCUT2D eigenvalue weighted by Gasteiger charge is 2.15. The van der Waals surface area contributed by atoms with Crippen LogP contribution in [0.15, 0.2) is 42.5 Å². The largest absolute Gasteiger partial charge is 0.294 e. The Kier molecular flexibility index (Phi) is 4.42. The van der Waals surface area contributed by atoms with Gasteiger partial charge in [-0.3, -0.25) is 25.0 Å². The molecule has 0 unspecified atom stereocenters. The SMILES string of the molecule is N#Cc1cc([N+](=O)[O-])ccc1CC(=O)c1ccc([N+](=O)[O-])cc1. The molecule has 0 saturated heterocycles. The number of Topliss-reactive ketones (excluding diaryl/α,β-unsaturated/α-hetero) is 1. The van der Waals surface area contributed by atoms with Crippen LogP contribution in [0.5, 0.6) is 0 Å². The molecule has 0 aliphatic rings. The van der Waals surface area contributed by atoms with Gasteiger partial charge in [-0.1, -0.05) is 6.07 Å². The Labute approximate surface area is 129 Å². The van der Waals surface area contributed by atoms with Crippen molar-refractivity contribution < 1.29 is 14.6 Å². The predicted octanol–water partition coefficient (Wildman–Crippen LogP) is 2.80.